The van der Waals surface area contributed by atoms with Gasteiger partial charge in [-0.2, -0.15) is 18.6 Å². The maximum atomic E-state index is 9.00. The number of benzene rings is 4. The molecule has 0 atom stereocenters. The van der Waals surface area contributed by atoms with E-state index < -0.39 is 13.9 Å². The zero-order chi connectivity index (χ0) is 24.2. The molecule has 1 heterocycles. The van der Waals surface area contributed by atoms with E-state index in [0.29, 0.717) is 0 Å². The van der Waals surface area contributed by atoms with Gasteiger partial charge in [-0.05, 0) is 48.0 Å². The molecule has 0 fully saturated rings. The fraction of sp³-hybridized carbons (Fsp3) is 0.0333. The summed E-state index contributed by atoms with van der Waals surface area (Å²) >= 11 is 0. The Morgan fingerprint density at radius 1 is 0.686 bits per heavy atom. The van der Waals surface area contributed by atoms with Crippen LogP contribution in [0.3, 0.4) is 0 Å². The molecule has 0 bridgehead atoms. The molecule has 1 aromatic heterocycles. The molecule has 0 saturated carbocycles. The van der Waals surface area contributed by atoms with E-state index in [1.54, 1.807) is 6.20 Å². The molecule has 35 heavy (non-hydrogen) atoms. The van der Waals surface area contributed by atoms with E-state index in [-0.39, 0.29) is 20.4 Å². The first kappa shape index (κ1) is 28.0. The number of para-hydroxylation sites is 1. The Bertz CT molecular complexity index is 1200. The molecule has 3 nitrogen and oxygen atoms in total. The Kier molecular flexibility index (Phi) is 11.9. The summed E-state index contributed by atoms with van der Waals surface area (Å²) in [6.45, 7) is 4.97. The number of carboxylic acid groups (broad SMARTS) is 1. The van der Waals surface area contributed by atoms with Gasteiger partial charge in [0.25, 0.3) is 5.97 Å². The van der Waals surface area contributed by atoms with Gasteiger partial charge in [-0.15, -0.1) is 6.07 Å². The quantitative estimate of drug-likeness (QED) is 0.172. The van der Waals surface area contributed by atoms with Crippen LogP contribution in [0.4, 0.5) is 0 Å². The van der Waals surface area contributed by atoms with Crippen LogP contribution >= 0.6 is 7.92 Å². The van der Waals surface area contributed by atoms with Crippen molar-refractivity contribution in [3.63, 3.8) is 0 Å². The first-order chi connectivity index (χ1) is 16.6. The van der Waals surface area contributed by atoms with Crippen LogP contribution in [-0.2, 0) is 25.2 Å². The predicted molar refractivity (Wildman–Crippen MR) is 146 cm³/mol. The number of nitrogens with zero attached hydrogens (tertiary/aromatic N) is 1. The smallest absolute Gasteiger partial charge is 0.300 e. The van der Waals surface area contributed by atoms with E-state index in [0.717, 1.165) is 23.4 Å². The minimum Gasteiger partial charge on any atom is -0.481 e. The van der Waals surface area contributed by atoms with Gasteiger partial charge in [0.15, 0.2) is 0 Å². The predicted octanol–water partition coefficient (Wildman–Crippen LogP) is 5.68. The van der Waals surface area contributed by atoms with Crippen molar-refractivity contribution in [3.05, 3.63) is 140 Å². The van der Waals surface area contributed by atoms with Gasteiger partial charge >= 0.3 is 0 Å². The number of rotatable bonds is 3. The van der Waals surface area contributed by atoms with Crippen LogP contribution in [0, 0.1) is 6.92 Å². The van der Waals surface area contributed by atoms with E-state index in [2.05, 4.69) is 103 Å². The minimum atomic E-state index is -0.877. The Hall–Kier alpha value is -3.28. The van der Waals surface area contributed by atoms with Crippen molar-refractivity contribution in [2.24, 2.45) is 0 Å². The molecule has 0 spiro atoms. The normalized spacial score (nSPS) is 9.66. The fourth-order valence-electron chi connectivity index (χ4n) is 3.48. The van der Waals surface area contributed by atoms with E-state index in [9.17, 15) is 0 Å². The molecule has 1 N–H and O–H groups in total. The average molecular weight is 572 g/mol. The summed E-state index contributed by atoms with van der Waals surface area (Å²) in [6, 6.07) is 42.5. The van der Waals surface area contributed by atoms with Crippen molar-refractivity contribution in [3.8, 4) is 0 Å². The zero-order valence-electron chi connectivity index (χ0n) is 19.5. The molecule has 0 aliphatic heterocycles. The van der Waals surface area contributed by atoms with Crippen LogP contribution in [0.25, 0.3) is 10.9 Å². The third kappa shape index (κ3) is 8.78. The van der Waals surface area contributed by atoms with Gasteiger partial charge in [0.2, 0.25) is 0 Å². The number of fused-ring (bicyclic) bond motifs is 1. The van der Waals surface area contributed by atoms with Crippen LogP contribution in [0.2, 0.25) is 0 Å². The summed E-state index contributed by atoms with van der Waals surface area (Å²) in [5, 5.41) is 12.9. The van der Waals surface area contributed by atoms with Gasteiger partial charge in [-0.1, -0.05) is 72.1 Å². The molecule has 0 unspecified atom stereocenters. The van der Waals surface area contributed by atoms with Crippen molar-refractivity contribution in [1.29, 1.82) is 0 Å². The van der Waals surface area contributed by atoms with Gasteiger partial charge in [0, 0.05) is 33.5 Å². The molecule has 0 saturated heterocycles. The molecule has 0 aliphatic rings. The molecule has 180 valence electrons. The summed E-state index contributed by atoms with van der Waals surface area (Å²) in [5.74, 6) is -0.833. The van der Waals surface area contributed by atoms with Crippen LogP contribution in [0.15, 0.2) is 128 Å². The number of carboxylic acids is 1. The Morgan fingerprint density at radius 2 is 1.09 bits per heavy atom. The van der Waals surface area contributed by atoms with Crippen molar-refractivity contribution in [2.45, 2.75) is 6.92 Å². The second kappa shape index (κ2) is 14.9. The average Bonchev–Trinajstić information content (AvgIpc) is 2.87. The molecular weight excluding hydrogens is 544 g/mol. The summed E-state index contributed by atoms with van der Waals surface area (Å²) < 4.78 is 0. The van der Waals surface area contributed by atoms with E-state index in [1.165, 1.54) is 15.9 Å². The fourth-order valence-corrected chi connectivity index (χ4v) is 6.06. The molecule has 0 radical (unpaired) electrons. The van der Waals surface area contributed by atoms with Gasteiger partial charge in [-0.3, -0.25) is 4.79 Å². The van der Waals surface area contributed by atoms with Crippen LogP contribution in [-0.4, -0.2) is 16.1 Å². The standard InChI is InChI=1S/C18H15P.C10H8N.C2H4O2.Pd/c1-4-10-16(11-5-1)19(17-12-6-2-7-13-17)18-14-8-3-9-15-18;1-8-4-2-5-9-6-3-7-11-10(8)9;1-2(3)4;/h1-15H;2-7H,1H2;1H3,(H,3,4);/q;-1;;/p+1. The molecule has 0 amide bonds. The van der Waals surface area contributed by atoms with E-state index in [1.807, 2.05) is 30.3 Å². The number of aliphatic carboxylic acids is 1. The summed E-state index contributed by atoms with van der Waals surface area (Å²) in [5.41, 5.74) is 1.98. The largest absolute Gasteiger partial charge is 0.481 e. The topological polar surface area (TPSA) is 50.2 Å². The SMILES string of the molecule is CC(=O)O.[CH2-]c1cccc2cccnc12.[Pd].c1ccc([PH+](c2ccccc2)c2ccccc2)cc1. The summed E-state index contributed by atoms with van der Waals surface area (Å²) in [7, 11) is -0.877. The summed E-state index contributed by atoms with van der Waals surface area (Å²) in [6.07, 6.45) is 1.79. The minimum absolute atomic E-state index is 0. The van der Waals surface area contributed by atoms with Crippen molar-refractivity contribution in [2.75, 3.05) is 0 Å². The molecule has 5 rings (SSSR count). The molecule has 0 aliphatic carbocycles. The Balaban J connectivity index is 0.000000229. The van der Waals surface area contributed by atoms with Crippen molar-refractivity contribution >= 4 is 40.7 Å². The molecule has 4 aromatic carbocycles. The Morgan fingerprint density at radius 3 is 1.49 bits per heavy atom. The van der Waals surface area contributed by atoms with Crippen LogP contribution in [0.5, 0.6) is 0 Å². The Labute approximate surface area is 222 Å². The first-order valence-electron chi connectivity index (χ1n) is 10.9. The number of aromatic nitrogens is 1. The molecule has 5 heteroatoms. The number of hydrogen-bond donors (Lipinski definition) is 1. The second-order valence-electron chi connectivity index (χ2n) is 7.48. The van der Waals surface area contributed by atoms with E-state index >= 15 is 0 Å². The van der Waals surface area contributed by atoms with Crippen molar-refractivity contribution in [1.82, 2.24) is 4.98 Å². The monoisotopic (exact) mass is 571 g/mol. The third-order valence-electron chi connectivity index (χ3n) is 4.90. The maximum absolute atomic E-state index is 9.00. The number of pyridine rings is 1. The molecule has 5 aromatic rings. The van der Waals surface area contributed by atoms with Gasteiger partial charge < -0.3 is 10.1 Å². The second-order valence-corrected chi connectivity index (χ2v) is 9.97. The van der Waals surface area contributed by atoms with Gasteiger partial charge in [0.05, 0.1) is 7.92 Å². The van der Waals surface area contributed by atoms with Crippen LogP contribution in [0.1, 0.15) is 12.5 Å². The van der Waals surface area contributed by atoms with Gasteiger partial charge in [0.1, 0.15) is 15.9 Å². The zero-order valence-corrected chi connectivity index (χ0v) is 22.0. The van der Waals surface area contributed by atoms with Crippen LogP contribution < -0.4 is 15.9 Å². The maximum Gasteiger partial charge on any atom is 0.300 e. The third-order valence-corrected chi connectivity index (χ3v) is 7.64. The number of hydrogen-bond acceptors (Lipinski definition) is 2. The van der Waals surface area contributed by atoms with E-state index in [4.69, 9.17) is 9.90 Å². The molecular formula is C30H28NO2PPd. The number of carbonyl (C=O) groups is 1. The first-order valence-corrected chi connectivity index (χ1v) is 12.4. The van der Waals surface area contributed by atoms with Gasteiger partial charge in [-0.25, -0.2) is 0 Å². The van der Waals surface area contributed by atoms with Crippen molar-refractivity contribution < 1.29 is 30.3 Å². The summed E-state index contributed by atoms with van der Waals surface area (Å²) in [4.78, 5) is 13.2.